The SMILES string of the molecule is CC1CCC(CN)(C(=O)N2CCSCC2C(=O)O)CC1. The lowest BCUT2D eigenvalue weighted by molar-refractivity contribution is -0.155. The Balaban J connectivity index is 2.16. The third kappa shape index (κ3) is 2.96. The third-order valence-corrected chi connectivity index (χ3v) is 5.77. The minimum Gasteiger partial charge on any atom is -0.480 e. The van der Waals surface area contributed by atoms with Crippen LogP contribution in [0.1, 0.15) is 32.6 Å². The van der Waals surface area contributed by atoms with Crippen molar-refractivity contribution in [1.29, 1.82) is 0 Å². The van der Waals surface area contributed by atoms with Crippen LogP contribution in [0.3, 0.4) is 0 Å². The number of nitrogens with zero attached hydrogens (tertiary/aromatic N) is 1. The molecule has 1 amide bonds. The highest BCUT2D eigenvalue weighted by Gasteiger charge is 2.45. The van der Waals surface area contributed by atoms with Crippen molar-refractivity contribution in [2.24, 2.45) is 17.1 Å². The van der Waals surface area contributed by atoms with Gasteiger partial charge in [-0.2, -0.15) is 11.8 Å². The van der Waals surface area contributed by atoms with Gasteiger partial charge in [-0.15, -0.1) is 0 Å². The smallest absolute Gasteiger partial charge is 0.327 e. The van der Waals surface area contributed by atoms with Gasteiger partial charge in [0, 0.05) is 24.6 Å². The van der Waals surface area contributed by atoms with Gasteiger partial charge in [-0.25, -0.2) is 4.79 Å². The molecule has 6 heteroatoms. The van der Waals surface area contributed by atoms with Gasteiger partial charge in [-0.1, -0.05) is 6.92 Å². The molecule has 0 aromatic rings. The monoisotopic (exact) mass is 300 g/mol. The summed E-state index contributed by atoms with van der Waals surface area (Å²) < 4.78 is 0. The maximum Gasteiger partial charge on any atom is 0.327 e. The van der Waals surface area contributed by atoms with E-state index >= 15 is 0 Å². The molecule has 0 bridgehead atoms. The van der Waals surface area contributed by atoms with Crippen LogP contribution in [0.4, 0.5) is 0 Å². The highest BCUT2D eigenvalue weighted by Crippen LogP contribution is 2.40. The highest BCUT2D eigenvalue weighted by atomic mass is 32.2. The lowest BCUT2D eigenvalue weighted by Gasteiger charge is -2.43. The van der Waals surface area contributed by atoms with Crippen LogP contribution in [-0.4, -0.2) is 52.5 Å². The average Bonchev–Trinajstić information content (AvgIpc) is 2.47. The van der Waals surface area contributed by atoms with Gasteiger partial charge in [0.05, 0.1) is 5.41 Å². The van der Waals surface area contributed by atoms with Crippen molar-refractivity contribution < 1.29 is 14.7 Å². The molecule has 1 aliphatic heterocycles. The Labute approximate surface area is 124 Å². The molecular weight excluding hydrogens is 276 g/mol. The van der Waals surface area contributed by atoms with Gasteiger partial charge in [0.25, 0.3) is 0 Å². The summed E-state index contributed by atoms with van der Waals surface area (Å²) in [5, 5.41) is 9.32. The van der Waals surface area contributed by atoms with E-state index in [4.69, 9.17) is 5.73 Å². The molecule has 1 saturated heterocycles. The molecule has 2 rings (SSSR count). The molecule has 5 nitrogen and oxygen atoms in total. The second-order valence-electron chi connectivity index (χ2n) is 6.09. The molecule has 114 valence electrons. The molecule has 1 atom stereocenters. The first kappa shape index (κ1) is 15.6. The number of hydrogen-bond donors (Lipinski definition) is 2. The van der Waals surface area contributed by atoms with Crippen LogP contribution in [0.2, 0.25) is 0 Å². The van der Waals surface area contributed by atoms with Gasteiger partial charge in [-0.3, -0.25) is 4.79 Å². The normalized spacial score (nSPS) is 34.8. The van der Waals surface area contributed by atoms with Crippen LogP contribution >= 0.6 is 11.8 Å². The number of thioether (sulfide) groups is 1. The van der Waals surface area contributed by atoms with E-state index in [1.54, 1.807) is 16.7 Å². The number of carboxylic acids is 1. The van der Waals surface area contributed by atoms with E-state index in [9.17, 15) is 14.7 Å². The first-order valence-electron chi connectivity index (χ1n) is 7.32. The number of amides is 1. The van der Waals surface area contributed by atoms with E-state index in [0.29, 0.717) is 24.8 Å². The zero-order valence-corrected chi connectivity index (χ0v) is 12.8. The first-order valence-corrected chi connectivity index (χ1v) is 8.47. The van der Waals surface area contributed by atoms with Gasteiger partial charge in [0.15, 0.2) is 0 Å². The quantitative estimate of drug-likeness (QED) is 0.817. The molecule has 0 radical (unpaired) electrons. The molecule has 2 fully saturated rings. The summed E-state index contributed by atoms with van der Waals surface area (Å²) >= 11 is 1.60. The van der Waals surface area contributed by atoms with Gasteiger partial charge in [0.2, 0.25) is 5.91 Å². The van der Waals surface area contributed by atoms with E-state index in [-0.39, 0.29) is 5.91 Å². The molecule has 0 aromatic heterocycles. The van der Waals surface area contributed by atoms with Crippen LogP contribution in [0.15, 0.2) is 0 Å². The number of aliphatic carboxylic acids is 1. The summed E-state index contributed by atoms with van der Waals surface area (Å²) in [7, 11) is 0. The molecule has 2 aliphatic rings. The Morgan fingerprint density at radius 1 is 1.40 bits per heavy atom. The molecular formula is C14H24N2O3S. The van der Waals surface area contributed by atoms with Crippen molar-refractivity contribution in [1.82, 2.24) is 4.90 Å². The van der Waals surface area contributed by atoms with E-state index in [0.717, 1.165) is 31.4 Å². The Bertz CT molecular complexity index is 381. The third-order valence-electron chi connectivity index (χ3n) is 4.75. The van der Waals surface area contributed by atoms with Crippen molar-refractivity contribution in [2.75, 3.05) is 24.6 Å². The zero-order chi connectivity index (χ0) is 14.8. The van der Waals surface area contributed by atoms with Crippen molar-refractivity contribution >= 4 is 23.6 Å². The fourth-order valence-electron chi connectivity index (χ4n) is 3.18. The number of carbonyl (C=O) groups is 2. The standard InChI is InChI=1S/C14H24N2O3S/c1-10-2-4-14(9-15,5-3-10)13(19)16-6-7-20-8-11(16)12(17)18/h10-11H,2-9,15H2,1H3,(H,17,18). The van der Waals surface area contributed by atoms with E-state index in [1.807, 2.05) is 0 Å². The fourth-order valence-corrected chi connectivity index (χ4v) is 4.21. The predicted molar refractivity (Wildman–Crippen MR) is 79.6 cm³/mol. The van der Waals surface area contributed by atoms with Crippen molar-refractivity contribution in [2.45, 2.75) is 38.6 Å². The van der Waals surface area contributed by atoms with Crippen LogP contribution in [0.5, 0.6) is 0 Å². The van der Waals surface area contributed by atoms with Crippen LogP contribution in [0.25, 0.3) is 0 Å². The second-order valence-corrected chi connectivity index (χ2v) is 7.24. The Morgan fingerprint density at radius 2 is 2.05 bits per heavy atom. The number of rotatable bonds is 3. The summed E-state index contributed by atoms with van der Waals surface area (Å²) in [5.74, 6) is 1.00. The Kier molecular flexibility index (Phi) is 4.96. The zero-order valence-electron chi connectivity index (χ0n) is 12.0. The Hall–Kier alpha value is -0.750. The van der Waals surface area contributed by atoms with E-state index < -0.39 is 17.4 Å². The topological polar surface area (TPSA) is 83.6 Å². The van der Waals surface area contributed by atoms with Crippen molar-refractivity contribution in [3.05, 3.63) is 0 Å². The van der Waals surface area contributed by atoms with Crippen molar-refractivity contribution in [3.8, 4) is 0 Å². The molecule has 3 N–H and O–H groups in total. The molecule has 0 aromatic carbocycles. The largest absolute Gasteiger partial charge is 0.480 e. The van der Waals surface area contributed by atoms with Crippen LogP contribution in [-0.2, 0) is 9.59 Å². The summed E-state index contributed by atoms with van der Waals surface area (Å²) in [6, 6.07) is -0.691. The van der Waals surface area contributed by atoms with E-state index in [1.165, 1.54) is 0 Å². The minimum atomic E-state index is -0.901. The maximum absolute atomic E-state index is 12.9. The van der Waals surface area contributed by atoms with Gasteiger partial charge in [0.1, 0.15) is 6.04 Å². The van der Waals surface area contributed by atoms with Crippen molar-refractivity contribution in [3.63, 3.8) is 0 Å². The lowest BCUT2D eigenvalue weighted by Crippen LogP contribution is -2.57. The average molecular weight is 300 g/mol. The van der Waals surface area contributed by atoms with Gasteiger partial charge in [-0.05, 0) is 31.6 Å². The van der Waals surface area contributed by atoms with Crippen LogP contribution in [0, 0.1) is 11.3 Å². The number of nitrogens with two attached hydrogens (primary N) is 1. The molecule has 1 aliphatic carbocycles. The first-order chi connectivity index (χ1) is 9.50. The summed E-state index contributed by atoms with van der Waals surface area (Å²) in [4.78, 5) is 25.8. The van der Waals surface area contributed by atoms with Gasteiger partial charge >= 0.3 is 5.97 Å². The fraction of sp³-hybridized carbons (Fsp3) is 0.857. The molecule has 1 unspecified atom stereocenters. The Morgan fingerprint density at radius 3 is 2.60 bits per heavy atom. The summed E-state index contributed by atoms with van der Waals surface area (Å²) in [6.07, 6.45) is 3.59. The highest BCUT2D eigenvalue weighted by molar-refractivity contribution is 7.99. The molecule has 1 saturated carbocycles. The molecule has 0 spiro atoms. The molecule has 1 heterocycles. The summed E-state index contributed by atoms with van der Waals surface area (Å²) in [6.45, 7) is 3.05. The van der Waals surface area contributed by atoms with E-state index in [2.05, 4.69) is 6.92 Å². The summed E-state index contributed by atoms with van der Waals surface area (Å²) in [5.41, 5.74) is 5.39. The second kappa shape index (κ2) is 6.35. The number of carboxylic acid groups (broad SMARTS) is 1. The minimum absolute atomic E-state index is 0.0281. The number of carbonyl (C=O) groups excluding carboxylic acids is 1. The number of hydrogen-bond acceptors (Lipinski definition) is 4. The molecule has 20 heavy (non-hydrogen) atoms. The predicted octanol–water partition coefficient (Wildman–Crippen LogP) is 1.17. The maximum atomic E-state index is 12.9. The van der Waals surface area contributed by atoms with Crippen LogP contribution < -0.4 is 5.73 Å². The van der Waals surface area contributed by atoms with Gasteiger partial charge < -0.3 is 15.7 Å². The lowest BCUT2D eigenvalue weighted by atomic mass is 9.70.